The van der Waals surface area contributed by atoms with Crippen LogP contribution in [-0.2, 0) is 0 Å². The Labute approximate surface area is 127 Å². The maximum atomic E-state index is 9.94. The van der Waals surface area contributed by atoms with E-state index in [1.807, 2.05) is 4.90 Å². The molecule has 0 saturated carbocycles. The van der Waals surface area contributed by atoms with E-state index >= 15 is 0 Å². The first kappa shape index (κ1) is 18.2. The van der Waals surface area contributed by atoms with Crippen LogP contribution >= 0.6 is 11.6 Å². The summed E-state index contributed by atoms with van der Waals surface area (Å²) in [6.07, 6.45) is 6.75. The van der Waals surface area contributed by atoms with Crippen LogP contribution in [0.25, 0.3) is 0 Å². The van der Waals surface area contributed by atoms with Gasteiger partial charge in [0.05, 0.1) is 30.2 Å². The summed E-state index contributed by atoms with van der Waals surface area (Å²) in [5, 5.41) is 28.6. The number of aliphatic hydroxyl groups is 3. The second-order valence-corrected chi connectivity index (χ2v) is 6.42. The number of halogens is 1. The number of unbranched alkanes of at least 4 members (excludes halogenated alkanes) is 6. The number of piperidine rings is 1. The maximum absolute atomic E-state index is 9.94. The lowest BCUT2D eigenvalue weighted by molar-refractivity contribution is -0.0871. The van der Waals surface area contributed by atoms with Gasteiger partial charge >= 0.3 is 0 Å². The van der Waals surface area contributed by atoms with Crippen molar-refractivity contribution in [2.45, 2.75) is 75.5 Å². The molecular weight excluding hydrogens is 278 g/mol. The Morgan fingerprint density at radius 3 is 2.20 bits per heavy atom. The van der Waals surface area contributed by atoms with Gasteiger partial charge in [-0.3, -0.25) is 4.90 Å². The van der Waals surface area contributed by atoms with Gasteiger partial charge in [0, 0.05) is 6.54 Å². The van der Waals surface area contributed by atoms with E-state index in [0.717, 1.165) is 13.0 Å². The van der Waals surface area contributed by atoms with Gasteiger partial charge < -0.3 is 15.3 Å². The highest BCUT2D eigenvalue weighted by molar-refractivity contribution is 6.21. The monoisotopic (exact) mass is 307 g/mol. The van der Waals surface area contributed by atoms with Crippen LogP contribution in [0.5, 0.6) is 0 Å². The molecule has 1 rings (SSSR count). The first-order valence-electron chi connectivity index (χ1n) is 7.97. The van der Waals surface area contributed by atoms with E-state index in [1.165, 1.54) is 38.5 Å². The minimum absolute atomic E-state index is 0.141. The lowest BCUT2D eigenvalue weighted by Crippen LogP contribution is -2.61. The fraction of sp³-hybridized carbons (Fsp3) is 1.00. The summed E-state index contributed by atoms with van der Waals surface area (Å²) in [5.41, 5.74) is 0. The molecule has 1 aliphatic heterocycles. The minimum atomic E-state index is -0.958. The fourth-order valence-electron chi connectivity index (χ4n) is 2.88. The highest BCUT2D eigenvalue weighted by Gasteiger charge is 2.40. The molecule has 0 aromatic rings. The summed E-state index contributed by atoms with van der Waals surface area (Å²) in [6.45, 7) is 3.43. The van der Waals surface area contributed by atoms with E-state index < -0.39 is 17.6 Å². The Bertz CT molecular complexity index is 255. The molecule has 4 nitrogen and oxygen atoms in total. The van der Waals surface area contributed by atoms with Crippen molar-refractivity contribution in [3.63, 3.8) is 0 Å². The molecule has 0 unspecified atom stereocenters. The molecule has 5 heteroatoms. The smallest absolute Gasteiger partial charge is 0.0991 e. The van der Waals surface area contributed by atoms with Crippen molar-refractivity contribution in [1.82, 2.24) is 4.90 Å². The Kier molecular flexibility index (Phi) is 9.05. The largest absolute Gasteiger partial charge is 0.395 e. The Hall–Kier alpha value is 0.130. The number of likely N-dealkylation sites (tertiary alicyclic amines) is 1. The Balaban J connectivity index is 2.24. The second-order valence-electron chi connectivity index (χ2n) is 5.86. The lowest BCUT2D eigenvalue weighted by Gasteiger charge is -2.43. The molecule has 0 spiro atoms. The zero-order valence-electron chi connectivity index (χ0n) is 12.5. The van der Waals surface area contributed by atoms with Gasteiger partial charge in [0.25, 0.3) is 0 Å². The third-order valence-electron chi connectivity index (χ3n) is 4.23. The first-order chi connectivity index (χ1) is 9.61. The van der Waals surface area contributed by atoms with Crippen molar-refractivity contribution in [3.05, 3.63) is 0 Å². The molecule has 120 valence electrons. The summed E-state index contributed by atoms with van der Waals surface area (Å²) >= 11 is 6.04. The molecule has 4 atom stereocenters. The number of hydrogen-bond acceptors (Lipinski definition) is 4. The summed E-state index contributed by atoms with van der Waals surface area (Å²) in [5.74, 6) is 0. The van der Waals surface area contributed by atoms with Gasteiger partial charge in [-0.25, -0.2) is 0 Å². The quantitative estimate of drug-likeness (QED) is 0.448. The van der Waals surface area contributed by atoms with Crippen LogP contribution in [0, 0.1) is 0 Å². The van der Waals surface area contributed by atoms with Gasteiger partial charge in [0.15, 0.2) is 0 Å². The van der Waals surface area contributed by atoms with Crippen LogP contribution in [0.15, 0.2) is 0 Å². The average Bonchev–Trinajstić information content (AvgIpc) is 2.44. The molecular formula is C15H30ClNO3. The predicted molar refractivity (Wildman–Crippen MR) is 82.1 cm³/mol. The van der Waals surface area contributed by atoms with Gasteiger partial charge in [-0.05, 0) is 13.0 Å². The number of alkyl halides is 1. The number of rotatable bonds is 9. The van der Waals surface area contributed by atoms with Crippen molar-refractivity contribution in [2.75, 3.05) is 19.7 Å². The second kappa shape index (κ2) is 9.96. The van der Waals surface area contributed by atoms with Gasteiger partial charge in [0.2, 0.25) is 0 Å². The van der Waals surface area contributed by atoms with Crippen molar-refractivity contribution < 1.29 is 15.3 Å². The standard InChI is InChI=1S/C15H30ClNO3/c1-2-3-4-5-6-7-8-9-17-10-12(16)14(19)15(20)13(17)11-18/h12-15,18-20H,2-11H2,1H3/t12-,13+,14+,15+/m0/s1. The van der Waals surface area contributed by atoms with Gasteiger partial charge in [-0.15, -0.1) is 11.6 Å². The highest BCUT2D eigenvalue weighted by Crippen LogP contribution is 2.23. The third-order valence-corrected chi connectivity index (χ3v) is 4.62. The van der Waals surface area contributed by atoms with Crippen LogP contribution in [0.1, 0.15) is 51.9 Å². The van der Waals surface area contributed by atoms with E-state index in [0.29, 0.717) is 6.54 Å². The van der Waals surface area contributed by atoms with Crippen LogP contribution in [-0.4, -0.2) is 63.5 Å². The van der Waals surface area contributed by atoms with E-state index in [-0.39, 0.29) is 12.6 Å². The van der Waals surface area contributed by atoms with Crippen molar-refractivity contribution in [3.8, 4) is 0 Å². The fourth-order valence-corrected chi connectivity index (χ4v) is 3.20. The summed E-state index contributed by atoms with van der Waals surface area (Å²) in [7, 11) is 0. The van der Waals surface area contributed by atoms with Gasteiger partial charge in [-0.2, -0.15) is 0 Å². The molecule has 1 fully saturated rings. The van der Waals surface area contributed by atoms with E-state index in [9.17, 15) is 15.3 Å². The molecule has 1 aliphatic rings. The molecule has 1 heterocycles. The van der Waals surface area contributed by atoms with Crippen molar-refractivity contribution in [2.24, 2.45) is 0 Å². The average molecular weight is 308 g/mol. The zero-order chi connectivity index (χ0) is 15.0. The number of nitrogens with zero attached hydrogens (tertiary/aromatic N) is 1. The summed E-state index contributed by atoms with van der Waals surface area (Å²) < 4.78 is 0. The summed E-state index contributed by atoms with van der Waals surface area (Å²) in [4.78, 5) is 2.01. The van der Waals surface area contributed by atoms with Crippen LogP contribution in [0.4, 0.5) is 0 Å². The molecule has 0 aliphatic carbocycles. The first-order valence-corrected chi connectivity index (χ1v) is 8.40. The van der Waals surface area contributed by atoms with Crippen LogP contribution in [0.2, 0.25) is 0 Å². The van der Waals surface area contributed by atoms with Gasteiger partial charge in [0.1, 0.15) is 0 Å². The van der Waals surface area contributed by atoms with Crippen LogP contribution in [0.3, 0.4) is 0 Å². The number of aliphatic hydroxyl groups excluding tert-OH is 3. The Morgan fingerprint density at radius 1 is 1.00 bits per heavy atom. The maximum Gasteiger partial charge on any atom is 0.0991 e. The molecule has 3 N–H and O–H groups in total. The van der Waals surface area contributed by atoms with Crippen LogP contribution < -0.4 is 0 Å². The molecule has 0 amide bonds. The SMILES string of the molecule is CCCCCCCCCN1C[C@H](Cl)[C@@H](O)[C@H](O)[C@H]1CO. The lowest BCUT2D eigenvalue weighted by atomic mass is 9.95. The minimum Gasteiger partial charge on any atom is -0.395 e. The highest BCUT2D eigenvalue weighted by atomic mass is 35.5. The number of hydrogen-bond donors (Lipinski definition) is 3. The molecule has 0 bridgehead atoms. The van der Waals surface area contributed by atoms with Crippen molar-refractivity contribution in [1.29, 1.82) is 0 Å². The molecule has 0 aromatic carbocycles. The third kappa shape index (κ3) is 5.49. The molecule has 0 aromatic heterocycles. The topological polar surface area (TPSA) is 63.9 Å². The Morgan fingerprint density at radius 2 is 1.60 bits per heavy atom. The molecule has 20 heavy (non-hydrogen) atoms. The van der Waals surface area contributed by atoms with E-state index in [1.54, 1.807) is 0 Å². The molecule has 1 saturated heterocycles. The zero-order valence-corrected chi connectivity index (χ0v) is 13.3. The van der Waals surface area contributed by atoms with E-state index in [4.69, 9.17) is 11.6 Å². The normalized spacial score (nSPS) is 31.6. The predicted octanol–water partition coefficient (Wildman–Crippen LogP) is 1.74. The van der Waals surface area contributed by atoms with Gasteiger partial charge in [-0.1, -0.05) is 45.4 Å². The van der Waals surface area contributed by atoms with Crippen molar-refractivity contribution >= 4 is 11.6 Å². The summed E-state index contributed by atoms with van der Waals surface area (Å²) in [6, 6.07) is -0.389. The molecule has 0 radical (unpaired) electrons. The van der Waals surface area contributed by atoms with E-state index in [2.05, 4.69) is 6.92 Å².